The third-order valence-electron chi connectivity index (χ3n) is 5.23. The Hall–Kier alpha value is -3.14. The molecule has 3 rings (SSSR count). The Balaban J connectivity index is 1.54. The number of benzene rings is 2. The molecule has 0 radical (unpaired) electrons. The van der Waals surface area contributed by atoms with Gasteiger partial charge in [-0.25, -0.2) is 5.43 Å². The molecule has 0 saturated heterocycles. The van der Waals surface area contributed by atoms with E-state index in [4.69, 9.17) is 14.2 Å². The second kappa shape index (κ2) is 12.9. The zero-order chi connectivity index (χ0) is 24.3. The molecular weight excluding hydrogens is 545 g/mol. The molecular formula is C26H28IN3O4. The largest absolute Gasteiger partial charge is 0.493 e. The SMILES string of the molecule is CCC(C)c1ccc(OCCOc2c(I)cc(/C=N/NC(=O)c3ccncc3)cc2OC)cc1. The number of hydrogen-bond acceptors (Lipinski definition) is 6. The first-order chi connectivity index (χ1) is 16.5. The van der Waals surface area contributed by atoms with E-state index < -0.39 is 0 Å². The zero-order valence-electron chi connectivity index (χ0n) is 19.5. The lowest BCUT2D eigenvalue weighted by molar-refractivity contribution is 0.0955. The highest BCUT2D eigenvalue weighted by atomic mass is 127. The number of hydrogen-bond donors (Lipinski definition) is 1. The first-order valence-corrected chi connectivity index (χ1v) is 12.1. The summed E-state index contributed by atoms with van der Waals surface area (Å²) < 4.78 is 18.1. The van der Waals surface area contributed by atoms with E-state index >= 15 is 0 Å². The molecule has 2 aromatic carbocycles. The van der Waals surface area contributed by atoms with Crippen molar-refractivity contribution >= 4 is 34.7 Å². The molecule has 1 amide bonds. The Labute approximate surface area is 213 Å². The van der Waals surface area contributed by atoms with Crippen molar-refractivity contribution in [2.75, 3.05) is 20.3 Å². The van der Waals surface area contributed by atoms with Crippen LogP contribution in [-0.4, -0.2) is 37.4 Å². The van der Waals surface area contributed by atoms with Crippen molar-refractivity contribution in [3.63, 3.8) is 0 Å². The number of carbonyl (C=O) groups is 1. The van der Waals surface area contributed by atoms with Crippen LogP contribution in [0, 0.1) is 3.57 Å². The minimum atomic E-state index is -0.310. The van der Waals surface area contributed by atoms with Gasteiger partial charge in [-0.05, 0) is 82.5 Å². The van der Waals surface area contributed by atoms with Crippen molar-refractivity contribution in [3.05, 3.63) is 81.2 Å². The van der Waals surface area contributed by atoms with Crippen LogP contribution in [0.4, 0.5) is 0 Å². The molecule has 0 spiro atoms. The average Bonchev–Trinajstić information content (AvgIpc) is 2.87. The van der Waals surface area contributed by atoms with Gasteiger partial charge >= 0.3 is 0 Å². The number of rotatable bonds is 11. The van der Waals surface area contributed by atoms with Crippen LogP contribution in [0.5, 0.6) is 17.2 Å². The third kappa shape index (κ3) is 7.18. The molecule has 7 nitrogen and oxygen atoms in total. The van der Waals surface area contributed by atoms with E-state index in [1.54, 1.807) is 43.9 Å². The predicted octanol–water partition coefficient (Wildman–Crippen LogP) is 5.43. The summed E-state index contributed by atoms with van der Waals surface area (Å²) in [5, 5.41) is 4.03. The molecule has 1 unspecified atom stereocenters. The maximum atomic E-state index is 12.1. The molecule has 0 saturated carbocycles. The molecule has 34 heavy (non-hydrogen) atoms. The number of halogens is 1. The number of amides is 1. The number of nitrogens with zero attached hydrogens (tertiary/aromatic N) is 2. The average molecular weight is 573 g/mol. The normalized spacial score (nSPS) is 11.8. The first kappa shape index (κ1) is 25.5. The van der Waals surface area contributed by atoms with E-state index in [1.165, 1.54) is 5.56 Å². The molecule has 0 aliphatic carbocycles. The fourth-order valence-electron chi connectivity index (χ4n) is 3.12. The summed E-state index contributed by atoms with van der Waals surface area (Å²) in [4.78, 5) is 16.0. The van der Waals surface area contributed by atoms with Gasteiger partial charge < -0.3 is 14.2 Å². The van der Waals surface area contributed by atoms with E-state index in [-0.39, 0.29) is 5.91 Å². The lowest BCUT2D eigenvalue weighted by Gasteiger charge is -2.14. The van der Waals surface area contributed by atoms with Gasteiger partial charge in [-0.2, -0.15) is 5.10 Å². The van der Waals surface area contributed by atoms with Crippen molar-refractivity contribution in [1.29, 1.82) is 0 Å². The van der Waals surface area contributed by atoms with Crippen molar-refractivity contribution in [1.82, 2.24) is 10.4 Å². The van der Waals surface area contributed by atoms with E-state index in [1.807, 2.05) is 18.2 Å². The third-order valence-corrected chi connectivity index (χ3v) is 6.04. The van der Waals surface area contributed by atoms with Crippen molar-refractivity contribution in [3.8, 4) is 17.2 Å². The van der Waals surface area contributed by atoms with E-state index in [0.29, 0.717) is 36.2 Å². The molecule has 1 atom stereocenters. The van der Waals surface area contributed by atoms with Crippen LogP contribution in [0.15, 0.2) is 66.0 Å². The topological polar surface area (TPSA) is 82.0 Å². The molecule has 1 aromatic heterocycles. The van der Waals surface area contributed by atoms with Crippen molar-refractivity contribution < 1.29 is 19.0 Å². The highest BCUT2D eigenvalue weighted by Gasteiger charge is 2.12. The second-order valence-corrected chi connectivity index (χ2v) is 8.71. The van der Waals surface area contributed by atoms with E-state index in [2.05, 4.69) is 64.1 Å². The van der Waals surface area contributed by atoms with Gasteiger partial charge in [0.05, 0.1) is 16.9 Å². The summed E-state index contributed by atoms with van der Waals surface area (Å²) in [5.41, 5.74) is 5.06. The lowest BCUT2D eigenvalue weighted by atomic mass is 9.99. The number of methoxy groups -OCH3 is 1. The number of nitrogens with one attached hydrogen (secondary N) is 1. The number of aromatic nitrogens is 1. The molecule has 178 valence electrons. The molecule has 0 fully saturated rings. The maximum Gasteiger partial charge on any atom is 0.271 e. The van der Waals surface area contributed by atoms with Crippen LogP contribution in [0.3, 0.4) is 0 Å². The maximum absolute atomic E-state index is 12.1. The minimum absolute atomic E-state index is 0.310. The summed E-state index contributed by atoms with van der Waals surface area (Å²) in [6.45, 7) is 5.18. The molecule has 0 aliphatic heterocycles. The Morgan fingerprint density at radius 2 is 1.82 bits per heavy atom. The molecule has 8 heteroatoms. The van der Waals surface area contributed by atoms with Crippen LogP contribution in [-0.2, 0) is 0 Å². The van der Waals surface area contributed by atoms with Crippen LogP contribution >= 0.6 is 22.6 Å². The van der Waals surface area contributed by atoms with Gasteiger partial charge in [0.1, 0.15) is 19.0 Å². The molecule has 3 aromatic rings. The number of carbonyl (C=O) groups excluding carboxylic acids is 1. The highest BCUT2D eigenvalue weighted by Crippen LogP contribution is 2.33. The van der Waals surface area contributed by atoms with Gasteiger partial charge in [-0.15, -0.1) is 0 Å². The van der Waals surface area contributed by atoms with Gasteiger partial charge in [0.2, 0.25) is 0 Å². The lowest BCUT2D eigenvalue weighted by Crippen LogP contribution is -2.17. The van der Waals surface area contributed by atoms with Crippen molar-refractivity contribution in [2.45, 2.75) is 26.2 Å². The Morgan fingerprint density at radius 3 is 2.50 bits per heavy atom. The van der Waals surface area contributed by atoms with Crippen LogP contribution < -0.4 is 19.6 Å². The summed E-state index contributed by atoms with van der Waals surface area (Å²) >= 11 is 2.18. The van der Waals surface area contributed by atoms with Crippen LogP contribution in [0.2, 0.25) is 0 Å². The minimum Gasteiger partial charge on any atom is -0.493 e. The smallest absolute Gasteiger partial charge is 0.271 e. The Morgan fingerprint density at radius 1 is 1.12 bits per heavy atom. The molecule has 1 heterocycles. The summed E-state index contributed by atoms with van der Waals surface area (Å²) in [6, 6.07) is 15.1. The van der Waals surface area contributed by atoms with E-state index in [0.717, 1.165) is 21.3 Å². The first-order valence-electron chi connectivity index (χ1n) is 11.0. The predicted molar refractivity (Wildman–Crippen MR) is 141 cm³/mol. The molecule has 0 aliphatic rings. The Bertz CT molecular complexity index is 1110. The fraction of sp³-hybridized carbons (Fsp3) is 0.269. The highest BCUT2D eigenvalue weighted by molar-refractivity contribution is 14.1. The van der Waals surface area contributed by atoms with Crippen LogP contribution in [0.1, 0.15) is 47.7 Å². The van der Waals surface area contributed by atoms with Gasteiger partial charge in [0, 0.05) is 18.0 Å². The second-order valence-electron chi connectivity index (χ2n) is 7.54. The van der Waals surface area contributed by atoms with Crippen LogP contribution in [0.25, 0.3) is 0 Å². The standard InChI is InChI=1S/C26H28IN3O4/c1-4-18(2)20-5-7-22(8-6-20)33-13-14-34-25-23(27)15-19(16-24(25)32-3)17-29-30-26(31)21-9-11-28-12-10-21/h5-12,15-18H,4,13-14H2,1-3H3,(H,30,31)/b29-17+. The van der Waals surface area contributed by atoms with E-state index in [9.17, 15) is 4.79 Å². The zero-order valence-corrected chi connectivity index (χ0v) is 21.6. The summed E-state index contributed by atoms with van der Waals surface area (Å²) in [7, 11) is 1.58. The monoisotopic (exact) mass is 573 g/mol. The van der Waals surface area contributed by atoms with Gasteiger partial charge in [-0.3, -0.25) is 9.78 Å². The number of ether oxygens (including phenoxy) is 3. The quantitative estimate of drug-likeness (QED) is 0.143. The van der Waals surface area contributed by atoms with Gasteiger partial charge in [-0.1, -0.05) is 26.0 Å². The van der Waals surface area contributed by atoms with Crippen molar-refractivity contribution in [2.24, 2.45) is 5.10 Å². The molecule has 1 N–H and O–H groups in total. The summed E-state index contributed by atoms with van der Waals surface area (Å²) in [6.07, 6.45) is 5.78. The molecule has 0 bridgehead atoms. The number of pyridine rings is 1. The van der Waals surface area contributed by atoms with Gasteiger partial charge in [0.25, 0.3) is 5.91 Å². The van der Waals surface area contributed by atoms with Gasteiger partial charge in [0.15, 0.2) is 11.5 Å². The Kier molecular flexibility index (Phi) is 9.69. The summed E-state index contributed by atoms with van der Waals surface area (Å²) in [5.74, 6) is 2.26. The number of hydrazone groups is 1. The fourth-order valence-corrected chi connectivity index (χ4v) is 3.90.